The summed E-state index contributed by atoms with van der Waals surface area (Å²) in [5, 5.41) is 5.62. The highest BCUT2D eigenvalue weighted by Crippen LogP contribution is 2.17. The Kier molecular flexibility index (Phi) is 3.59. The molecule has 17 heavy (non-hydrogen) atoms. The summed E-state index contributed by atoms with van der Waals surface area (Å²) in [5.41, 5.74) is 1.49. The van der Waals surface area contributed by atoms with E-state index in [0.29, 0.717) is 18.1 Å². The van der Waals surface area contributed by atoms with Gasteiger partial charge < -0.3 is 15.1 Å². The van der Waals surface area contributed by atoms with E-state index in [1.165, 1.54) is 0 Å². The number of para-hydroxylation sites is 2. The van der Waals surface area contributed by atoms with Gasteiger partial charge in [0.2, 0.25) is 5.91 Å². The van der Waals surface area contributed by atoms with E-state index in [2.05, 4.69) is 15.6 Å². The zero-order valence-corrected chi connectivity index (χ0v) is 9.69. The summed E-state index contributed by atoms with van der Waals surface area (Å²) < 4.78 is 5.42. The van der Waals surface area contributed by atoms with Crippen LogP contribution in [0.25, 0.3) is 11.1 Å². The number of carbonyl (C=O) groups excluding carboxylic acids is 1. The van der Waals surface area contributed by atoms with Crippen molar-refractivity contribution in [2.24, 2.45) is 0 Å². The van der Waals surface area contributed by atoms with E-state index in [1.807, 2.05) is 31.2 Å². The van der Waals surface area contributed by atoms with Gasteiger partial charge in [-0.15, -0.1) is 0 Å². The van der Waals surface area contributed by atoms with Crippen molar-refractivity contribution in [2.75, 3.05) is 18.4 Å². The van der Waals surface area contributed by atoms with E-state index in [1.54, 1.807) is 0 Å². The molecule has 0 spiro atoms. The smallest absolute Gasteiger partial charge is 0.296 e. The second-order valence-electron chi connectivity index (χ2n) is 3.69. The second kappa shape index (κ2) is 5.34. The maximum Gasteiger partial charge on any atom is 0.296 e. The highest BCUT2D eigenvalue weighted by Gasteiger charge is 2.06. The van der Waals surface area contributed by atoms with Crippen LogP contribution in [0.4, 0.5) is 6.01 Å². The van der Waals surface area contributed by atoms with Gasteiger partial charge in [-0.3, -0.25) is 4.79 Å². The number of rotatable bonds is 5. The maximum atomic E-state index is 11.3. The zero-order valence-electron chi connectivity index (χ0n) is 9.69. The van der Waals surface area contributed by atoms with Crippen LogP contribution in [-0.2, 0) is 4.79 Å². The van der Waals surface area contributed by atoms with Crippen molar-refractivity contribution in [3.05, 3.63) is 24.3 Å². The van der Waals surface area contributed by atoms with Crippen LogP contribution in [0.5, 0.6) is 0 Å². The molecule has 1 heterocycles. The largest absolute Gasteiger partial charge is 0.424 e. The van der Waals surface area contributed by atoms with Gasteiger partial charge in [0.25, 0.3) is 6.01 Å². The molecular formula is C12H15N3O2. The van der Waals surface area contributed by atoms with Crippen LogP contribution in [0.15, 0.2) is 28.7 Å². The first-order valence-corrected chi connectivity index (χ1v) is 5.65. The Morgan fingerprint density at radius 2 is 2.24 bits per heavy atom. The minimum absolute atomic E-state index is 0.0610. The number of fused-ring (bicyclic) bond motifs is 1. The Morgan fingerprint density at radius 1 is 1.41 bits per heavy atom. The van der Waals surface area contributed by atoms with E-state index in [4.69, 9.17) is 4.42 Å². The third-order valence-electron chi connectivity index (χ3n) is 2.27. The van der Waals surface area contributed by atoms with E-state index < -0.39 is 0 Å². The monoisotopic (exact) mass is 233 g/mol. The quantitative estimate of drug-likeness (QED) is 0.825. The van der Waals surface area contributed by atoms with Gasteiger partial charge in [-0.1, -0.05) is 19.1 Å². The van der Waals surface area contributed by atoms with Gasteiger partial charge in [0, 0.05) is 6.54 Å². The van der Waals surface area contributed by atoms with Crippen molar-refractivity contribution in [1.82, 2.24) is 10.3 Å². The predicted octanol–water partition coefficient (Wildman–Crippen LogP) is 1.77. The van der Waals surface area contributed by atoms with E-state index in [9.17, 15) is 4.79 Å². The lowest BCUT2D eigenvalue weighted by atomic mass is 10.3. The molecule has 0 atom stereocenters. The van der Waals surface area contributed by atoms with Gasteiger partial charge in [-0.05, 0) is 18.6 Å². The number of amides is 1. The molecule has 0 aliphatic carbocycles. The topological polar surface area (TPSA) is 67.2 Å². The molecular weight excluding hydrogens is 218 g/mol. The van der Waals surface area contributed by atoms with Crippen LogP contribution in [-0.4, -0.2) is 24.0 Å². The number of oxazole rings is 1. The van der Waals surface area contributed by atoms with Crippen molar-refractivity contribution < 1.29 is 9.21 Å². The summed E-state index contributed by atoms with van der Waals surface area (Å²) in [5.74, 6) is -0.0610. The number of aromatic nitrogens is 1. The Morgan fingerprint density at radius 3 is 3.00 bits per heavy atom. The molecule has 1 aromatic heterocycles. The van der Waals surface area contributed by atoms with Crippen LogP contribution >= 0.6 is 0 Å². The molecule has 0 saturated heterocycles. The third-order valence-corrected chi connectivity index (χ3v) is 2.27. The van der Waals surface area contributed by atoms with E-state index >= 15 is 0 Å². The minimum atomic E-state index is -0.0610. The Labute approximate surface area is 99.2 Å². The highest BCUT2D eigenvalue weighted by atomic mass is 16.4. The molecule has 90 valence electrons. The fourth-order valence-corrected chi connectivity index (χ4v) is 1.43. The zero-order chi connectivity index (χ0) is 12.1. The molecule has 0 radical (unpaired) electrons. The molecule has 2 aromatic rings. The number of hydrogen-bond acceptors (Lipinski definition) is 4. The predicted molar refractivity (Wildman–Crippen MR) is 65.8 cm³/mol. The molecule has 0 aliphatic heterocycles. The summed E-state index contributed by atoms with van der Waals surface area (Å²) in [6.07, 6.45) is 0.925. The second-order valence-corrected chi connectivity index (χ2v) is 3.69. The molecule has 2 rings (SSSR count). The first-order chi connectivity index (χ1) is 8.29. The van der Waals surface area contributed by atoms with Crippen LogP contribution in [0.2, 0.25) is 0 Å². The van der Waals surface area contributed by atoms with Crippen LogP contribution in [0.3, 0.4) is 0 Å². The van der Waals surface area contributed by atoms with E-state index in [-0.39, 0.29) is 12.5 Å². The summed E-state index contributed by atoms with van der Waals surface area (Å²) in [6.45, 7) is 2.87. The number of benzene rings is 1. The fraction of sp³-hybridized carbons (Fsp3) is 0.333. The molecule has 2 N–H and O–H groups in total. The lowest BCUT2D eigenvalue weighted by molar-refractivity contribution is -0.119. The lowest BCUT2D eigenvalue weighted by Gasteiger charge is -2.02. The lowest BCUT2D eigenvalue weighted by Crippen LogP contribution is -2.30. The summed E-state index contributed by atoms with van der Waals surface area (Å²) in [6, 6.07) is 7.84. The number of anilines is 1. The van der Waals surface area contributed by atoms with Crippen molar-refractivity contribution in [2.45, 2.75) is 13.3 Å². The number of nitrogens with zero attached hydrogens (tertiary/aromatic N) is 1. The summed E-state index contributed by atoms with van der Waals surface area (Å²) >= 11 is 0. The van der Waals surface area contributed by atoms with Gasteiger partial charge in [-0.25, -0.2) is 0 Å². The molecule has 1 amide bonds. The molecule has 5 nitrogen and oxygen atoms in total. The minimum Gasteiger partial charge on any atom is -0.424 e. The highest BCUT2D eigenvalue weighted by molar-refractivity contribution is 5.80. The Hall–Kier alpha value is -2.04. The van der Waals surface area contributed by atoms with Crippen LogP contribution in [0.1, 0.15) is 13.3 Å². The van der Waals surface area contributed by atoms with Crippen molar-refractivity contribution >= 4 is 23.0 Å². The number of hydrogen-bond donors (Lipinski definition) is 2. The molecule has 0 unspecified atom stereocenters. The average molecular weight is 233 g/mol. The van der Waals surface area contributed by atoms with Crippen molar-refractivity contribution in [1.29, 1.82) is 0 Å². The van der Waals surface area contributed by atoms with Crippen LogP contribution < -0.4 is 10.6 Å². The van der Waals surface area contributed by atoms with Crippen molar-refractivity contribution in [3.8, 4) is 0 Å². The summed E-state index contributed by atoms with van der Waals surface area (Å²) in [7, 11) is 0. The molecule has 1 aromatic carbocycles. The normalized spacial score (nSPS) is 10.4. The first kappa shape index (κ1) is 11.4. The maximum absolute atomic E-state index is 11.3. The van der Waals surface area contributed by atoms with Gasteiger partial charge in [0.05, 0.1) is 6.54 Å². The Balaban J connectivity index is 1.92. The standard InChI is InChI=1S/C12H15N3O2/c1-2-7-13-11(16)8-14-12-15-9-5-3-4-6-10(9)17-12/h3-6H,2,7-8H2,1H3,(H,13,16)(H,14,15). The molecule has 0 bridgehead atoms. The van der Waals surface area contributed by atoms with Crippen molar-refractivity contribution in [3.63, 3.8) is 0 Å². The first-order valence-electron chi connectivity index (χ1n) is 5.65. The molecule has 0 saturated carbocycles. The number of nitrogens with one attached hydrogen (secondary N) is 2. The fourth-order valence-electron chi connectivity index (χ4n) is 1.43. The molecule has 0 aliphatic rings. The van der Waals surface area contributed by atoms with Gasteiger partial charge in [-0.2, -0.15) is 4.98 Å². The average Bonchev–Trinajstić information content (AvgIpc) is 2.76. The van der Waals surface area contributed by atoms with Crippen LogP contribution in [0, 0.1) is 0 Å². The molecule has 0 fully saturated rings. The van der Waals surface area contributed by atoms with Gasteiger partial charge in [0.15, 0.2) is 5.58 Å². The third kappa shape index (κ3) is 2.96. The van der Waals surface area contributed by atoms with Gasteiger partial charge in [0.1, 0.15) is 5.52 Å². The molecule has 5 heteroatoms. The Bertz CT molecular complexity index is 474. The number of carbonyl (C=O) groups is 1. The van der Waals surface area contributed by atoms with Gasteiger partial charge >= 0.3 is 0 Å². The van der Waals surface area contributed by atoms with E-state index in [0.717, 1.165) is 11.9 Å². The summed E-state index contributed by atoms with van der Waals surface area (Å²) in [4.78, 5) is 15.6. The SMILES string of the molecule is CCCNC(=O)CNc1nc2ccccc2o1.